The zero-order chi connectivity index (χ0) is 15.4. The standard InChI is InChI=1S/C15H17N5O/c1-3-6-21-12-7-10(5-4-9(12)2)13-11(8-16)14(17)20-15(18)19-13/h4-5,7H,3,6H2,1-2H3,(H4,17,18,19,20). The lowest BCUT2D eigenvalue weighted by Crippen LogP contribution is -2.05. The van der Waals surface area contributed by atoms with Gasteiger partial charge < -0.3 is 16.2 Å². The third-order valence-electron chi connectivity index (χ3n) is 2.99. The van der Waals surface area contributed by atoms with Crippen molar-refractivity contribution < 1.29 is 4.74 Å². The molecule has 6 nitrogen and oxygen atoms in total. The predicted octanol–water partition coefficient (Wildman–Crippen LogP) is 2.28. The summed E-state index contributed by atoms with van der Waals surface area (Å²) in [6.45, 7) is 4.63. The lowest BCUT2D eigenvalue weighted by molar-refractivity contribution is 0.315. The van der Waals surface area contributed by atoms with E-state index in [9.17, 15) is 5.26 Å². The van der Waals surface area contributed by atoms with Crippen molar-refractivity contribution in [3.05, 3.63) is 29.3 Å². The summed E-state index contributed by atoms with van der Waals surface area (Å²) in [5.41, 5.74) is 13.7. The Morgan fingerprint density at radius 1 is 1.29 bits per heavy atom. The first-order valence-corrected chi connectivity index (χ1v) is 6.63. The van der Waals surface area contributed by atoms with Gasteiger partial charge in [0.1, 0.15) is 23.2 Å². The maximum atomic E-state index is 9.23. The largest absolute Gasteiger partial charge is 0.493 e. The highest BCUT2D eigenvalue weighted by Crippen LogP contribution is 2.30. The van der Waals surface area contributed by atoms with E-state index in [1.54, 1.807) is 0 Å². The van der Waals surface area contributed by atoms with Crippen molar-refractivity contribution >= 4 is 11.8 Å². The monoisotopic (exact) mass is 283 g/mol. The van der Waals surface area contributed by atoms with Gasteiger partial charge in [0.15, 0.2) is 0 Å². The normalized spacial score (nSPS) is 10.1. The summed E-state index contributed by atoms with van der Waals surface area (Å²) in [5.74, 6) is 0.878. The zero-order valence-electron chi connectivity index (χ0n) is 12.1. The molecule has 4 N–H and O–H groups in total. The van der Waals surface area contributed by atoms with Gasteiger partial charge in [-0.15, -0.1) is 0 Å². The van der Waals surface area contributed by atoms with Gasteiger partial charge in [-0.3, -0.25) is 0 Å². The number of ether oxygens (including phenoxy) is 1. The number of nitrogens with two attached hydrogens (primary N) is 2. The molecule has 0 spiro atoms. The number of nitrogen functional groups attached to an aromatic ring is 2. The number of benzene rings is 1. The minimum absolute atomic E-state index is 0.0399. The molecule has 6 heteroatoms. The second kappa shape index (κ2) is 6.09. The van der Waals surface area contributed by atoms with Crippen molar-refractivity contribution in [3.63, 3.8) is 0 Å². The van der Waals surface area contributed by atoms with Crippen molar-refractivity contribution in [1.29, 1.82) is 5.26 Å². The average molecular weight is 283 g/mol. The third kappa shape index (κ3) is 3.03. The van der Waals surface area contributed by atoms with E-state index >= 15 is 0 Å². The van der Waals surface area contributed by atoms with Crippen LogP contribution in [0.1, 0.15) is 24.5 Å². The molecule has 0 fully saturated rings. The number of aryl methyl sites for hydroxylation is 1. The Balaban J connectivity index is 2.55. The fourth-order valence-corrected chi connectivity index (χ4v) is 1.93. The van der Waals surface area contributed by atoms with Gasteiger partial charge in [-0.05, 0) is 25.0 Å². The number of nitrogens with zero attached hydrogens (tertiary/aromatic N) is 3. The van der Waals surface area contributed by atoms with Crippen LogP contribution in [0.15, 0.2) is 18.2 Å². The van der Waals surface area contributed by atoms with Gasteiger partial charge in [-0.2, -0.15) is 10.2 Å². The van der Waals surface area contributed by atoms with Crippen LogP contribution in [-0.2, 0) is 0 Å². The molecule has 1 aromatic heterocycles. The lowest BCUT2D eigenvalue weighted by atomic mass is 10.0. The van der Waals surface area contributed by atoms with Crippen LogP contribution >= 0.6 is 0 Å². The third-order valence-corrected chi connectivity index (χ3v) is 2.99. The summed E-state index contributed by atoms with van der Waals surface area (Å²) in [6.07, 6.45) is 0.917. The minimum Gasteiger partial charge on any atom is -0.493 e. The van der Waals surface area contributed by atoms with Gasteiger partial charge in [-0.25, -0.2) is 4.98 Å². The fraction of sp³-hybridized carbons (Fsp3) is 0.267. The van der Waals surface area contributed by atoms with Crippen LogP contribution in [0.3, 0.4) is 0 Å². The molecule has 0 aliphatic heterocycles. The molecule has 0 unspecified atom stereocenters. The number of nitriles is 1. The Labute approximate surface area is 123 Å². The van der Waals surface area contributed by atoms with Crippen molar-refractivity contribution in [1.82, 2.24) is 9.97 Å². The lowest BCUT2D eigenvalue weighted by Gasteiger charge is -2.11. The Hall–Kier alpha value is -2.81. The molecular weight excluding hydrogens is 266 g/mol. The molecule has 0 radical (unpaired) electrons. The van der Waals surface area contributed by atoms with E-state index in [2.05, 4.69) is 9.97 Å². The second-order valence-electron chi connectivity index (χ2n) is 4.63. The number of aromatic nitrogens is 2. The van der Waals surface area contributed by atoms with Crippen LogP contribution in [0.5, 0.6) is 5.75 Å². The molecule has 0 bridgehead atoms. The van der Waals surface area contributed by atoms with Crippen LogP contribution in [0.4, 0.5) is 11.8 Å². The van der Waals surface area contributed by atoms with Crippen LogP contribution in [0, 0.1) is 18.3 Å². The molecular formula is C15H17N5O. The number of hydrogen-bond donors (Lipinski definition) is 2. The molecule has 108 valence electrons. The molecule has 1 heterocycles. The van der Waals surface area contributed by atoms with Crippen molar-refractivity contribution in [2.45, 2.75) is 20.3 Å². The van der Waals surface area contributed by atoms with E-state index < -0.39 is 0 Å². The van der Waals surface area contributed by atoms with Gasteiger partial charge in [-0.1, -0.05) is 19.1 Å². The topological polar surface area (TPSA) is 111 Å². The highest BCUT2D eigenvalue weighted by molar-refractivity contribution is 5.74. The van der Waals surface area contributed by atoms with E-state index in [0.29, 0.717) is 12.3 Å². The number of rotatable bonds is 4. The van der Waals surface area contributed by atoms with E-state index in [1.807, 2.05) is 38.1 Å². The fourth-order valence-electron chi connectivity index (χ4n) is 1.93. The first-order chi connectivity index (χ1) is 10.1. The van der Waals surface area contributed by atoms with E-state index in [4.69, 9.17) is 16.2 Å². The first kappa shape index (κ1) is 14.6. The number of hydrogen-bond acceptors (Lipinski definition) is 6. The van der Waals surface area contributed by atoms with Crippen molar-refractivity contribution in [3.8, 4) is 23.1 Å². The van der Waals surface area contributed by atoms with Gasteiger partial charge in [0.2, 0.25) is 5.95 Å². The van der Waals surface area contributed by atoms with Crippen LogP contribution < -0.4 is 16.2 Å². The maximum absolute atomic E-state index is 9.23. The molecule has 0 amide bonds. The van der Waals surface area contributed by atoms with Crippen LogP contribution in [-0.4, -0.2) is 16.6 Å². The SMILES string of the molecule is CCCOc1cc(-c2nc(N)nc(N)c2C#N)ccc1C. The quantitative estimate of drug-likeness (QED) is 0.890. The molecule has 2 aromatic rings. The number of anilines is 2. The molecule has 21 heavy (non-hydrogen) atoms. The summed E-state index contributed by atoms with van der Waals surface area (Å²) in [7, 11) is 0. The van der Waals surface area contributed by atoms with Gasteiger partial charge >= 0.3 is 0 Å². The molecule has 0 aliphatic rings. The van der Waals surface area contributed by atoms with E-state index in [-0.39, 0.29) is 17.3 Å². The summed E-state index contributed by atoms with van der Waals surface area (Å²) in [6, 6.07) is 7.63. The highest BCUT2D eigenvalue weighted by atomic mass is 16.5. The highest BCUT2D eigenvalue weighted by Gasteiger charge is 2.14. The molecule has 1 aromatic carbocycles. The summed E-state index contributed by atoms with van der Waals surface area (Å²) < 4.78 is 5.69. The smallest absolute Gasteiger partial charge is 0.222 e. The maximum Gasteiger partial charge on any atom is 0.222 e. The molecule has 2 rings (SSSR count). The Morgan fingerprint density at radius 2 is 2.05 bits per heavy atom. The first-order valence-electron chi connectivity index (χ1n) is 6.63. The average Bonchev–Trinajstić information content (AvgIpc) is 2.45. The van der Waals surface area contributed by atoms with Crippen molar-refractivity contribution in [2.24, 2.45) is 0 Å². The van der Waals surface area contributed by atoms with Crippen LogP contribution in [0.2, 0.25) is 0 Å². The summed E-state index contributed by atoms with van der Waals surface area (Å²) in [4.78, 5) is 7.95. The second-order valence-corrected chi connectivity index (χ2v) is 4.63. The van der Waals surface area contributed by atoms with Crippen LogP contribution in [0.25, 0.3) is 11.3 Å². The van der Waals surface area contributed by atoms with E-state index in [1.165, 1.54) is 0 Å². The van der Waals surface area contributed by atoms with E-state index in [0.717, 1.165) is 23.3 Å². The molecule has 0 saturated carbocycles. The van der Waals surface area contributed by atoms with Crippen molar-refractivity contribution in [2.75, 3.05) is 18.1 Å². The Morgan fingerprint density at radius 3 is 2.71 bits per heavy atom. The minimum atomic E-state index is 0.0399. The molecule has 0 saturated heterocycles. The van der Waals surface area contributed by atoms with Gasteiger partial charge in [0.25, 0.3) is 0 Å². The zero-order valence-corrected chi connectivity index (χ0v) is 12.1. The Kier molecular flexibility index (Phi) is 4.24. The molecule has 0 aliphatic carbocycles. The predicted molar refractivity (Wildman–Crippen MR) is 81.5 cm³/mol. The van der Waals surface area contributed by atoms with Gasteiger partial charge in [0.05, 0.1) is 12.3 Å². The van der Waals surface area contributed by atoms with Gasteiger partial charge in [0, 0.05) is 5.56 Å². The Bertz CT molecular complexity index is 706. The summed E-state index contributed by atoms with van der Waals surface area (Å²) >= 11 is 0. The molecule has 0 atom stereocenters. The summed E-state index contributed by atoms with van der Waals surface area (Å²) in [5, 5.41) is 9.23.